The molecule has 5 atom stereocenters. The first-order chi connectivity index (χ1) is 23.1. The molecular formula is C41H49NO5S. The SMILES string of the molecule is CC1=CCCC2(C)C(CCC2(O)CN(Cc2ccccc2)CC(O)CO)c2ccc(cc2C(=O)c2cc3ccccc3s2)CC(O)CC1. The molecule has 0 aliphatic heterocycles. The summed E-state index contributed by atoms with van der Waals surface area (Å²) in [5.41, 5.74) is 3.15. The molecule has 2 bridgehead atoms. The van der Waals surface area contributed by atoms with E-state index in [1.54, 1.807) is 0 Å². The standard InChI is InChI=1S/C41H49NO5S/c1-28-9-8-19-40(2)36(18-20-41(40,47)27-42(25-33(45)26-43)24-29-10-4-3-5-11-29)34-17-15-30(21-32(44)16-14-28)22-35(34)39(46)38-23-31-12-6-7-13-37(31)48-38/h3-7,9-13,15,17,22-23,32-33,36,43-45,47H,8,14,16,18-21,24-27H2,1-2H3. The Kier molecular flexibility index (Phi) is 10.7. The van der Waals surface area contributed by atoms with Crippen molar-refractivity contribution in [2.45, 2.75) is 89.1 Å². The first kappa shape index (κ1) is 34.7. The monoisotopic (exact) mass is 667 g/mol. The van der Waals surface area contributed by atoms with Gasteiger partial charge in [-0.05, 0) is 98.1 Å². The lowest BCUT2D eigenvalue weighted by Crippen LogP contribution is -2.53. The molecule has 1 saturated carbocycles. The van der Waals surface area contributed by atoms with Gasteiger partial charge >= 0.3 is 0 Å². The molecule has 3 aliphatic carbocycles. The number of hydrogen-bond acceptors (Lipinski definition) is 7. The molecule has 4 aromatic rings. The van der Waals surface area contributed by atoms with Crippen LogP contribution in [0.15, 0.2) is 90.5 Å². The van der Waals surface area contributed by atoms with Crippen molar-refractivity contribution in [2.24, 2.45) is 5.41 Å². The summed E-state index contributed by atoms with van der Waals surface area (Å²) in [5.74, 6) is -0.104. The first-order valence-electron chi connectivity index (χ1n) is 17.4. The van der Waals surface area contributed by atoms with Crippen molar-refractivity contribution in [2.75, 3.05) is 19.7 Å². The Labute approximate surface area is 288 Å². The second-order valence-corrected chi connectivity index (χ2v) is 15.5. The summed E-state index contributed by atoms with van der Waals surface area (Å²) in [6.45, 7) is 5.06. The van der Waals surface area contributed by atoms with Crippen LogP contribution < -0.4 is 0 Å². The molecule has 7 rings (SSSR count). The van der Waals surface area contributed by atoms with E-state index in [1.807, 2.05) is 66.7 Å². The highest BCUT2D eigenvalue weighted by molar-refractivity contribution is 7.21. The minimum atomic E-state index is -1.12. The van der Waals surface area contributed by atoms with Crippen molar-refractivity contribution in [1.29, 1.82) is 0 Å². The van der Waals surface area contributed by atoms with Gasteiger partial charge in [-0.3, -0.25) is 9.69 Å². The number of ketones is 1. The van der Waals surface area contributed by atoms with Crippen LogP contribution in [0.4, 0.5) is 0 Å². The number of thiophene rings is 1. The van der Waals surface area contributed by atoms with Gasteiger partial charge in [0.1, 0.15) is 0 Å². The van der Waals surface area contributed by atoms with Gasteiger partial charge in [0.25, 0.3) is 0 Å². The van der Waals surface area contributed by atoms with E-state index in [4.69, 9.17) is 0 Å². The number of hydrogen-bond donors (Lipinski definition) is 4. The highest BCUT2D eigenvalue weighted by atomic mass is 32.1. The van der Waals surface area contributed by atoms with Gasteiger partial charge in [-0.1, -0.05) is 79.2 Å². The second kappa shape index (κ2) is 14.8. The fraction of sp³-hybridized carbons (Fsp3) is 0.439. The molecule has 0 spiro atoms. The zero-order chi connectivity index (χ0) is 33.9. The molecule has 48 heavy (non-hydrogen) atoms. The summed E-state index contributed by atoms with van der Waals surface area (Å²) < 4.78 is 1.07. The lowest BCUT2D eigenvalue weighted by Gasteiger charge is -2.46. The normalized spacial score (nSPS) is 25.5. The average Bonchev–Trinajstić information content (AvgIpc) is 3.62. The Morgan fingerprint density at radius 1 is 1.02 bits per heavy atom. The van der Waals surface area contributed by atoms with Crippen molar-refractivity contribution in [3.8, 4) is 0 Å². The lowest BCUT2D eigenvalue weighted by atomic mass is 9.64. The molecule has 254 valence electrons. The first-order valence-corrected chi connectivity index (χ1v) is 18.2. The number of nitrogens with zero attached hydrogens (tertiary/aromatic N) is 1. The van der Waals surface area contributed by atoms with Crippen molar-refractivity contribution in [1.82, 2.24) is 4.90 Å². The summed E-state index contributed by atoms with van der Waals surface area (Å²) in [6, 6.07) is 26.2. The van der Waals surface area contributed by atoms with Crippen LogP contribution in [0.5, 0.6) is 0 Å². The number of benzene rings is 3. The Morgan fingerprint density at radius 3 is 2.56 bits per heavy atom. The molecule has 6 nitrogen and oxygen atoms in total. The van der Waals surface area contributed by atoms with E-state index in [0.29, 0.717) is 55.6 Å². The molecule has 1 fully saturated rings. The zero-order valence-electron chi connectivity index (χ0n) is 28.1. The highest BCUT2D eigenvalue weighted by Gasteiger charge is 2.57. The summed E-state index contributed by atoms with van der Waals surface area (Å²) in [4.78, 5) is 17.3. The third kappa shape index (κ3) is 7.37. The maximum Gasteiger partial charge on any atom is 0.203 e. The van der Waals surface area contributed by atoms with E-state index in [9.17, 15) is 25.2 Å². The number of carbonyl (C=O) groups is 1. The van der Waals surface area contributed by atoms with Gasteiger partial charge in [0.15, 0.2) is 0 Å². The van der Waals surface area contributed by atoms with Crippen molar-refractivity contribution >= 4 is 27.2 Å². The number of rotatable bonds is 9. The van der Waals surface area contributed by atoms with Crippen molar-refractivity contribution < 1.29 is 25.2 Å². The third-order valence-electron chi connectivity index (χ3n) is 11.0. The smallest absolute Gasteiger partial charge is 0.203 e. The molecule has 5 unspecified atom stereocenters. The third-order valence-corrected chi connectivity index (χ3v) is 12.1. The highest BCUT2D eigenvalue weighted by Crippen LogP contribution is 2.59. The van der Waals surface area contributed by atoms with Crippen LogP contribution in [0.3, 0.4) is 0 Å². The molecule has 1 heterocycles. The van der Waals surface area contributed by atoms with Crippen LogP contribution in [-0.2, 0) is 13.0 Å². The van der Waals surface area contributed by atoms with E-state index >= 15 is 0 Å². The van der Waals surface area contributed by atoms with Gasteiger partial charge in [0, 0.05) is 35.3 Å². The van der Waals surface area contributed by atoms with E-state index < -0.39 is 23.2 Å². The van der Waals surface area contributed by atoms with Crippen LogP contribution in [0.1, 0.15) is 90.2 Å². The molecule has 3 aromatic carbocycles. The van der Waals surface area contributed by atoms with Crippen LogP contribution in [0.2, 0.25) is 0 Å². The van der Waals surface area contributed by atoms with Gasteiger partial charge in [-0.15, -0.1) is 11.3 Å². The predicted molar refractivity (Wildman–Crippen MR) is 193 cm³/mol. The Bertz CT molecular complexity index is 1720. The Balaban J connectivity index is 1.42. The lowest BCUT2D eigenvalue weighted by molar-refractivity contribution is -0.0907. The summed E-state index contributed by atoms with van der Waals surface area (Å²) in [5, 5.41) is 45.2. The summed E-state index contributed by atoms with van der Waals surface area (Å²) in [6.07, 6.45) is 5.50. The second-order valence-electron chi connectivity index (χ2n) is 14.4. The fourth-order valence-corrected chi connectivity index (χ4v) is 9.19. The predicted octanol–water partition coefficient (Wildman–Crippen LogP) is 7.03. The summed E-state index contributed by atoms with van der Waals surface area (Å²) in [7, 11) is 0. The molecule has 0 radical (unpaired) electrons. The van der Waals surface area contributed by atoms with E-state index in [0.717, 1.165) is 39.6 Å². The van der Waals surface area contributed by atoms with Crippen LogP contribution in [-0.4, -0.2) is 68.6 Å². The quantitative estimate of drug-likeness (QED) is 0.113. The number of carbonyl (C=O) groups excluding carboxylic acids is 1. The van der Waals surface area contributed by atoms with Crippen LogP contribution >= 0.6 is 11.3 Å². The average molecular weight is 668 g/mol. The minimum Gasteiger partial charge on any atom is -0.394 e. The minimum absolute atomic E-state index is 0.0139. The van der Waals surface area contributed by atoms with Crippen LogP contribution in [0, 0.1) is 5.41 Å². The molecule has 4 N–H and O–H groups in total. The Morgan fingerprint density at radius 2 is 1.79 bits per heavy atom. The largest absolute Gasteiger partial charge is 0.394 e. The molecule has 7 heteroatoms. The van der Waals surface area contributed by atoms with Crippen molar-refractivity contribution in [3.05, 3.63) is 118 Å². The number of allylic oxidation sites excluding steroid dienone is 2. The zero-order valence-corrected chi connectivity index (χ0v) is 29.0. The fourth-order valence-electron chi connectivity index (χ4n) is 8.18. The topological polar surface area (TPSA) is 101 Å². The van der Waals surface area contributed by atoms with Crippen molar-refractivity contribution in [3.63, 3.8) is 0 Å². The van der Waals surface area contributed by atoms with Gasteiger partial charge in [-0.25, -0.2) is 0 Å². The maximum atomic E-state index is 14.5. The van der Waals surface area contributed by atoms with Gasteiger partial charge in [0.2, 0.25) is 5.78 Å². The number of aliphatic hydroxyl groups is 4. The van der Waals surface area contributed by atoms with E-state index in [1.165, 1.54) is 16.9 Å². The van der Waals surface area contributed by atoms with Gasteiger partial charge in [0.05, 0.1) is 29.3 Å². The maximum absolute atomic E-state index is 14.5. The molecule has 0 saturated heterocycles. The van der Waals surface area contributed by atoms with E-state index in [2.05, 4.69) is 37.0 Å². The molecule has 1 aromatic heterocycles. The van der Waals surface area contributed by atoms with Gasteiger partial charge < -0.3 is 20.4 Å². The van der Waals surface area contributed by atoms with Gasteiger partial charge in [-0.2, -0.15) is 0 Å². The van der Waals surface area contributed by atoms with Crippen LogP contribution in [0.25, 0.3) is 10.1 Å². The Hall–Kier alpha value is -3.17. The molecular weight excluding hydrogens is 619 g/mol. The number of fused-ring (bicyclic) bond motifs is 9. The number of aliphatic hydroxyl groups excluding tert-OH is 3. The summed E-state index contributed by atoms with van der Waals surface area (Å²) >= 11 is 1.51. The van der Waals surface area contributed by atoms with E-state index in [-0.39, 0.29) is 24.9 Å². The molecule has 0 amide bonds. The molecule has 3 aliphatic rings.